The molecule has 0 atom stereocenters. The summed E-state index contributed by atoms with van der Waals surface area (Å²) in [6.45, 7) is 3.78. The third kappa shape index (κ3) is 8.00. The third-order valence-corrected chi connectivity index (χ3v) is 5.55. The predicted molar refractivity (Wildman–Crippen MR) is 133 cm³/mol. The highest BCUT2D eigenvalue weighted by Gasteiger charge is 2.07. The summed E-state index contributed by atoms with van der Waals surface area (Å²) in [6.07, 6.45) is 2.40. The lowest BCUT2D eigenvalue weighted by Crippen LogP contribution is -2.38. The topological polar surface area (TPSA) is 110 Å². The van der Waals surface area contributed by atoms with Gasteiger partial charge in [-0.1, -0.05) is 36.4 Å². The largest absolute Gasteiger partial charge is 0.469 e. The van der Waals surface area contributed by atoms with E-state index in [4.69, 9.17) is 9.56 Å². The van der Waals surface area contributed by atoms with E-state index in [-0.39, 0.29) is 28.9 Å². The fraction of sp³-hybridized carbons (Fsp3) is 0.227. The molecule has 0 saturated heterocycles. The Morgan fingerprint density at radius 1 is 1.03 bits per heavy atom. The van der Waals surface area contributed by atoms with E-state index < -0.39 is 10.0 Å². The van der Waals surface area contributed by atoms with Crippen LogP contribution in [-0.4, -0.2) is 20.9 Å². The molecule has 0 radical (unpaired) electrons. The minimum Gasteiger partial charge on any atom is -0.469 e. The van der Waals surface area contributed by atoms with Crippen LogP contribution in [0.5, 0.6) is 0 Å². The van der Waals surface area contributed by atoms with Crippen LogP contribution in [0.1, 0.15) is 22.5 Å². The van der Waals surface area contributed by atoms with Crippen LogP contribution in [0.2, 0.25) is 0 Å². The summed E-state index contributed by atoms with van der Waals surface area (Å²) >= 11 is 0. The first-order valence-electron chi connectivity index (χ1n) is 9.62. The standard InChI is InChI=1S/C22H26N4O3S.HI/c1-17-5-2-3-6-19(17)16-26-22(24-13-12-20-7-4-14-29-20)25-15-18-8-10-21(11-9-18)30(23,27)28;/h2-11,14H,12-13,15-16H2,1H3,(H2,23,27,28)(H2,24,25,26);1H. The second kappa shape index (κ2) is 11.9. The highest BCUT2D eigenvalue weighted by atomic mass is 127. The summed E-state index contributed by atoms with van der Waals surface area (Å²) in [6, 6.07) is 18.4. The Bertz CT molecular complexity index is 1080. The maximum Gasteiger partial charge on any atom is 0.238 e. The number of aryl methyl sites for hydroxylation is 1. The number of benzene rings is 2. The van der Waals surface area contributed by atoms with E-state index >= 15 is 0 Å². The van der Waals surface area contributed by atoms with Gasteiger partial charge in [0.15, 0.2) is 5.96 Å². The van der Waals surface area contributed by atoms with E-state index in [1.54, 1.807) is 18.4 Å². The molecule has 31 heavy (non-hydrogen) atoms. The first-order chi connectivity index (χ1) is 14.4. The van der Waals surface area contributed by atoms with Crippen molar-refractivity contribution in [3.8, 4) is 0 Å². The number of furan rings is 1. The number of sulfonamides is 1. The van der Waals surface area contributed by atoms with Crippen LogP contribution in [0.4, 0.5) is 0 Å². The summed E-state index contributed by atoms with van der Waals surface area (Å²) in [5.74, 6) is 1.57. The van der Waals surface area contributed by atoms with Gasteiger partial charge in [0, 0.05) is 19.5 Å². The molecule has 0 fully saturated rings. The predicted octanol–water partition coefficient (Wildman–Crippen LogP) is 3.33. The summed E-state index contributed by atoms with van der Waals surface area (Å²) in [5, 5.41) is 11.8. The van der Waals surface area contributed by atoms with Crippen LogP contribution >= 0.6 is 24.0 Å². The number of hydrogen-bond donors (Lipinski definition) is 3. The lowest BCUT2D eigenvalue weighted by Gasteiger charge is -2.14. The Balaban J connectivity index is 0.00000341. The highest BCUT2D eigenvalue weighted by Crippen LogP contribution is 2.10. The van der Waals surface area contributed by atoms with Crippen LogP contribution in [-0.2, 0) is 29.5 Å². The molecular weight excluding hydrogens is 527 g/mol. The Morgan fingerprint density at radius 3 is 2.42 bits per heavy atom. The molecule has 166 valence electrons. The summed E-state index contributed by atoms with van der Waals surface area (Å²) in [7, 11) is -3.70. The van der Waals surface area contributed by atoms with Crippen molar-refractivity contribution in [1.82, 2.24) is 10.6 Å². The molecule has 0 aliphatic carbocycles. The Labute approximate surface area is 200 Å². The normalized spacial score (nSPS) is 11.6. The zero-order valence-corrected chi connectivity index (χ0v) is 20.4. The lowest BCUT2D eigenvalue weighted by atomic mass is 10.1. The van der Waals surface area contributed by atoms with Gasteiger partial charge in [0.25, 0.3) is 0 Å². The smallest absolute Gasteiger partial charge is 0.238 e. The maximum atomic E-state index is 11.4. The first kappa shape index (κ1) is 24.9. The van der Waals surface area contributed by atoms with Gasteiger partial charge < -0.3 is 15.1 Å². The number of hydrogen-bond acceptors (Lipinski definition) is 4. The molecular formula is C22H27IN4O3S. The third-order valence-electron chi connectivity index (χ3n) is 4.62. The van der Waals surface area contributed by atoms with E-state index in [2.05, 4.69) is 34.7 Å². The Hall–Kier alpha value is -2.37. The number of guanidine groups is 1. The zero-order chi connectivity index (χ0) is 21.4. The molecule has 7 nitrogen and oxygen atoms in total. The average molecular weight is 554 g/mol. The molecule has 4 N–H and O–H groups in total. The van der Waals surface area contributed by atoms with Crippen molar-refractivity contribution in [2.24, 2.45) is 10.1 Å². The Morgan fingerprint density at radius 2 is 1.77 bits per heavy atom. The maximum absolute atomic E-state index is 11.4. The number of nitrogens with two attached hydrogens (primary N) is 1. The van der Waals surface area contributed by atoms with Gasteiger partial charge in [-0.05, 0) is 47.9 Å². The van der Waals surface area contributed by atoms with Crippen LogP contribution in [0.25, 0.3) is 0 Å². The molecule has 3 rings (SSSR count). The van der Waals surface area contributed by atoms with Gasteiger partial charge in [0.1, 0.15) is 5.76 Å². The molecule has 0 spiro atoms. The molecule has 0 aliphatic rings. The van der Waals surface area contributed by atoms with Gasteiger partial charge in [-0.2, -0.15) is 0 Å². The number of primary sulfonamides is 1. The number of nitrogens with one attached hydrogen (secondary N) is 2. The van der Waals surface area contributed by atoms with Crippen molar-refractivity contribution in [2.75, 3.05) is 6.54 Å². The van der Waals surface area contributed by atoms with Crippen molar-refractivity contribution in [3.05, 3.63) is 89.4 Å². The molecule has 0 bridgehead atoms. The molecule has 3 aromatic rings. The van der Waals surface area contributed by atoms with Gasteiger partial charge in [-0.3, -0.25) is 0 Å². The van der Waals surface area contributed by atoms with E-state index in [0.29, 0.717) is 25.6 Å². The van der Waals surface area contributed by atoms with Gasteiger partial charge in [-0.25, -0.2) is 18.5 Å². The average Bonchev–Trinajstić information content (AvgIpc) is 3.24. The van der Waals surface area contributed by atoms with E-state index in [1.807, 2.05) is 24.3 Å². The molecule has 0 amide bonds. The summed E-state index contributed by atoms with van der Waals surface area (Å²) in [5.41, 5.74) is 3.28. The Kier molecular flexibility index (Phi) is 9.53. The summed E-state index contributed by atoms with van der Waals surface area (Å²) in [4.78, 5) is 4.72. The summed E-state index contributed by atoms with van der Waals surface area (Å²) < 4.78 is 28.2. The number of nitrogens with zero attached hydrogens (tertiary/aromatic N) is 1. The van der Waals surface area contributed by atoms with Gasteiger partial charge >= 0.3 is 0 Å². The van der Waals surface area contributed by atoms with Crippen molar-refractivity contribution in [3.63, 3.8) is 0 Å². The highest BCUT2D eigenvalue weighted by molar-refractivity contribution is 14.0. The molecule has 9 heteroatoms. The molecule has 2 aromatic carbocycles. The molecule has 1 heterocycles. The van der Waals surface area contributed by atoms with E-state index in [9.17, 15) is 8.42 Å². The number of aliphatic imine (C=N–C) groups is 1. The second-order valence-electron chi connectivity index (χ2n) is 6.89. The molecule has 0 unspecified atom stereocenters. The quantitative estimate of drug-likeness (QED) is 0.225. The van der Waals surface area contributed by atoms with Crippen molar-refractivity contribution in [2.45, 2.75) is 31.3 Å². The van der Waals surface area contributed by atoms with Crippen LogP contribution < -0.4 is 15.8 Å². The molecule has 1 aromatic heterocycles. The van der Waals surface area contributed by atoms with Crippen molar-refractivity contribution in [1.29, 1.82) is 0 Å². The van der Waals surface area contributed by atoms with Crippen molar-refractivity contribution >= 4 is 40.0 Å². The van der Waals surface area contributed by atoms with Crippen LogP contribution in [0.3, 0.4) is 0 Å². The lowest BCUT2D eigenvalue weighted by molar-refractivity contribution is 0.506. The monoisotopic (exact) mass is 554 g/mol. The first-order valence-corrected chi connectivity index (χ1v) is 11.2. The zero-order valence-electron chi connectivity index (χ0n) is 17.2. The molecule has 0 aliphatic heterocycles. The minimum atomic E-state index is -3.70. The minimum absolute atomic E-state index is 0. The van der Waals surface area contributed by atoms with Gasteiger partial charge in [-0.15, -0.1) is 24.0 Å². The number of halogens is 1. The van der Waals surface area contributed by atoms with Crippen molar-refractivity contribution < 1.29 is 12.8 Å². The fourth-order valence-corrected chi connectivity index (χ4v) is 3.39. The van der Waals surface area contributed by atoms with E-state index in [1.165, 1.54) is 23.3 Å². The van der Waals surface area contributed by atoms with Gasteiger partial charge in [0.05, 0.1) is 17.7 Å². The second-order valence-corrected chi connectivity index (χ2v) is 8.45. The van der Waals surface area contributed by atoms with E-state index in [0.717, 1.165) is 17.7 Å². The SMILES string of the molecule is Cc1ccccc1CNC(=NCc1ccc(S(N)(=O)=O)cc1)NCCc1ccco1.I. The van der Waals surface area contributed by atoms with Gasteiger partial charge in [0.2, 0.25) is 10.0 Å². The fourth-order valence-electron chi connectivity index (χ4n) is 2.88. The van der Waals surface area contributed by atoms with Crippen LogP contribution in [0, 0.1) is 6.92 Å². The number of rotatable bonds is 8. The molecule has 0 saturated carbocycles. The van der Waals surface area contributed by atoms with Crippen LogP contribution in [0.15, 0.2) is 81.2 Å².